The molecule has 26 heavy (non-hydrogen) atoms. The Hall–Kier alpha value is -1.47. The molecule has 0 radical (unpaired) electrons. The van der Waals surface area contributed by atoms with Crippen LogP contribution in [0, 0.1) is 0 Å². The highest BCUT2D eigenvalue weighted by Crippen LogP contribution is 2.42. The van der Waals surface area contributed by atoms with Crippen LogP contribution in [0.25, 0.3) is 10.2 Å². The molecule has 6 heteroatoms. The summed E-state index contributed by atoms with van der Waals surface area (Å²) in [4.78, 5) is 15.5. The Balaban J connectivity index is 1.55. The standard InChI is InChI=1S/C20H21N3OS2/c1-2-5-14(6-3-1)25-19-18-15-7-4-8-16(15)26-20(18)22-17(21-19)13-23-9-11-24-12-10-23/h1-3,5-6H,4,7-13H2/p+1. The highest BCUT2D eigenvalue weighted by molar-refractivity contribution is 7.99. The maximum atomic E-state index is 5.49. The summed E-state index contributed by atoms with van der Waals surface area (Å²) in [6, 6.07) is 10.6. The van der Waals surface area contributed by atoms with E-state index in [0.29, 0.717) is 0 Å². The van der Waals surface area contributed by atoms with E-state index < -0.39 is 0 Å². The number of hydrogen-bond acceptors (Lipinski definition) is 5. The van der Waals surface area contributed by atoms with Gasteiger partial charge in [-0.1, -0.05) is 30.0 Å². The molecule has 0 bridgehead atoms. The quantitative estimate of drug-likeness (QED) is 0.702. The lowest BCUT2D eigenvalue weighted by Crippen LogP contribution is -3.12. The molecule has 1 N–H and O–H groups in total. The summed E-state index contributed by atoms with van der Waals surface area (Å²) in [6.45, 7) is 4.67. The van der Waals surface area contributed by atoms with E-state index >= 15 is 0 Å². The molecule has 1 aliphatic carbocycles. The number of quaternary nitrogens is 1. The number of rotatable bonds is 4. The number of fused-ring (bicyclic) bond motifs is 3. The molecule has 4 nitrogen and oxygen atoms in total. The van der Waals surface area contributed by atoms with Gasteiger partial charge < -0.3 is 9.64 Å². The molecule has 1 saturated heterocycles. The Morgan fingerprint density at radius 1 is 1.08 bits per heavy atom. The number of thiophene rings is 1. The maximum absolute atomic E-state index is 5.49. The van der Waals surface area contributed by atoms with Gasteiger partial charge in [0.1, 0.15) is 29.5 Å². The normalized spacial score (nSPS) is 17.7. The zero-order valence-corrected chi connectivity index (χ0v) is 16.3. The van der Waals surface area contributed by atoms with Gasteiger partial charge in [0.05, 0.1) is 13.2 Å². The number of ether oxygens (including phenoxy) is 1. The van der Waals surface area contributed by atoms with Gasteiger partial charge in [0.2, 0.25) is 0 Å². The molecule has 2 aromatic heterocycles. The lowest BCUT2D eigenvalue weighted by molar-refractivity contribution is -0.922. The SMILES string of the molecule is c1ccc(Sc2nc(C[NH+]3CCOCC3)nc3sc4c(c23)CCC4)cc1. The fourth-order valence-electron chi connectivity index (χ4n) is 3.82. The molecule has 0 spiro atoms. The molecule has 1 aliphatic heterocycles. The zero-order chi connectivity index (χ0) is 17.3. The largest absolute Gasteiger partial charge is 0.370 e. The van der Waals surface area contributed by atoms with Crippen molar-refractivity contribution < 1.29 is 9.64 Å². The Morgan fingerprint density at radius 2 is 1.92 bits per heavy atom. The van der Waals surface area contributed by atoms with Crippen LogP contribution >= 0.6 is 23.1 Å². The smallest absolute Gasteiger partial charge is 0.186 e. The fourth-order valence-corrected chi connectivity index (χ4v) is 6.15. The van der Waals surface area contributed by atoms with Crippen LogP contribution in [-0.4, -0.2) is 36.3 Å². The fraction of sp³-hybridized carbons (Fsp3) is 0.400. The predicted molar refractivity (Wildman–Crippen MR) is 105 cm³/mol. The minimum atomic E-state index is 0.844. The first-order valence-electron chi connectivity index (χ1n) is 9.32. The molecule has 0 saturated carbocycles. The Kier molecular flexibility index (Phi) is 4.67. The minimum absolute atomic E-state index is 0.844. The van der Waals surface area contributed by atoms with Crippen molar-refractivity contribution in [3.8, 4) is 0 Å². The van der Waals surface area contributed by atoms with Crippen molar-refractivity contribution in [1.29, 1.82) is 0 Å². The minimum Gasteiger partial charge on any atom is -0.370 e. The summed E-state index contributed by atoms with van der Waals surface area (Å²) in [7, 11) is 0. The Bertz CT molecular complexity index is 920. The third kappa shape index (κ3) is 3.27. The zero-order valence-electron chi connectivity index (χ0n) is 14.7. The number of hydrogen-bond donors (Lipinski definition) is 1. The highest BCUT2D eigenvalue weighted by atomic mass is 32.2. The molecule has 0 amide bonds. The number of benzene rings is 1. The average Bonchev–Trinajstić information content (AvgIpc) is 3.24. The number of aryl methyl sites for hydroxylation is 2. The molecule has 0 unspecified atom stereocenters. The summed E-state index contributed by atoms with van der Waals surface area (Å²) in [5.74, 6) is 0.979. The van der Waals surface area contributed by atoms with Crippen LogP contribution in [0.1, 0.15) is 22.7 Å². The molecule has 5 rings (SSSR count). The van der Waals surface area contributed by atoms with Crippen molar-refractivity contribution in [3.05, 3.63) is 46.6 Å². The van der Waals surface area contributed by atoms with Gasteiger partial charge in [0.25, 0.3) is 0 Å². The van der Waals surface area contributed by atoms with Gasteiger partial charge in [-0.05, 0) is 37.0 Å². The van der Waals surface area contributed by atoms with E-state index in [1.807, 2.05) is 11.3 Å². The van der Waals surface area contributed by atoms with E-state index in [4.69, 9.17) is 14.7 Å². The lowest BCUT2D eigenvalue weighted by atomic mass is 10.2. The molecule has 3 heterocycles. The summed E-state index contributed by atoms with van der Waals surface area (Å²) < 4.78 is 5.49. The first-order chi connectivity index (χ1) is 12.9. The average molecular weight is 385 g/mol. The van der Waals surface area contributed by atoms with E-state index in [-0.39, 0.29) is 0 Å². The van der Waals surface area contributed by atoms with Gasteiger partial charge in [-0.3, -0.25) is 0 Å². The lowest BCUT2D eigenvalue weighted by Gasteiger charge is -2.23. The second kappa shape index (κ2) is 7.27. The predicted octanol–water partition coefficient (Wildman–Crippen LogP) is 2.75. The van der Waals surface area contributed by atoms with Gasteiger partial charge in [-0.25, -0.2) is 9.97 Å². The highest BCUT2D eigenvalue weighted by Gasteiger charge is 2.24. The topological polar surface area (TPSA) is 39.5 Å². The second-order valence-corrected chi connectivity index (χ2v) is 9.08. The van der Waals surface area contributed by atoms with Gasteiger partial charge in [0.15, 0.2) is 5.82 Å². The summed E-state index contributed by atoms with van der Waals surface area (Å²) >= 11 is 3.67. The molecule has 0 atom stereocenters. The number of morpholine rings is 1. The third-order valence-corrected chi connectivity index (χ3v) is 7.33. The van der Waals surface area contributed by atoms with Crippen molar-refractivity contribution in [2.45, 2.75) is 35.7 Å². The molecular weight excluding hydrogens is 362 g/mol. The summed E-state index contributed by atoms with van der Waals surface area (Å²) in [5, 5.41) is 2.46. The second-order valence-electron chi connectivity index (χ2n) is 6.94. The third-order valence-electron chi connectivity index (χ3n) is 5.14. The van der Waals surface area contributed by atoms with E-state index in [0.717, 1.165) is 43.7 Å². The van der Waals surface area contributed by atoms with Crippen LogP contribution in [0.4, 0.5) is 0 Å². The first kappa shape index (κ1) is 16.7. The molecule has 3 aromatic rings. The van der Waals surface area contributed by atoms with Crippen molar-refractivity contribution >= 4 is 33.3 Å². The molecule has 2 aliphatic rings. The van der Waals surface area contributed by atoms with Crippen LogP contribution in [0.3, 0.4) is 0 Å². The number of nitrogens with zero attached hydrogens (tertiary/aromatic N) is 2. The van der Waals surface area contributed by atoms with Crippen LogP contribution in [0.5, 0.6) is 0 Å². The van der Waals surface area contributed by atoms with Gasteiger partial charge >= 0.3 is 0 Å². The number of nitrogens with one attached hydrogen (secondary N) is 1. The van der Waals surface area contributed by atoms with E-state index in [9.17, 15) is 0 Å². The van der Waals surface area contributed by atoms with Crippen molar-refractivity contribution in [2.24, 2.45) is 0 Å². The van der Waals surface area contributed by atoms with Gasteiger partial charge in [-0.2, -0.15) is 0 Å². The monoisotopic (exact) mass is 384 g/mol. The van der Waals surface area contributed by atoms with Crippen LogP contribution in [-0.2, 0) is 24.1 Å². The van der Waals surface area contributed by atoms with E-state index in [1.54, 1.807) is 11.8 Å². The molecule has 134 valence electrons. The van der Waals surface area contributed by atoms with Gasteiger partial charge in [0, 0.05) is 15.2 Å². The first-order valence-corrected chi connectivity index (χ1v) is 11.0. The maximum Gasteiger partial charge on any atom is 0.186 e. The van der Waals surface area contributed by atoms with Crippen LogP contribution in [0.15, 0.2) is 40.3 Å². The Morgan fingerprint density at radius 3 is 2.77 bits per heavy atom. The summed E-state index contributed by atoms with van der Waals surface area (Å²) in [6.07, 6.45) is 3.65. The molecular formula is C20H22N3OS2+. The molecule has 1 fully saturated rings. The Labute approximate surface area is 161 Å². The molecule has 1 aromatic carbocycles. The van der Waals surface area contributed by atoms with Crippen LogP contribution < -0.4 is 4.90 Å². The van der Waals surface area contributed by atoms with E-state index in [1.165, 1.54) is 49.7 Å². The number of aromatic nitrogens is 2. The van der Waals surface area contributed by atoms with E-state index in [2.05, 4.69) is 30.3 Å². The van der Waals surface area contributed by atoms with Crippen LogP contribution in [0.2, 0.25) is 0 Å². The van der Waals surface area contributed by atoms with Crippen molar-refractivity contribution in [1.82, 2.24) is 9.97 Å². The van der Waals surface area contributed by atoms with Crippen molar-refractivity contribution in [3.63, 3.8) is 0 Å². The summed E-state index contributed by atoms with van der Waals surface area (Å²) in [5.41, 5.74) is 1.51. The van der Waals surface area contributed by atoms with Crippen molar-refractivity contribution in [2.75, 3.05) is 26.3 Å². The van der Waals surface area contributed by atoms with Gasteiger partial charge in [-0.15, -0.1) is 11.3 Å².